The first-order chi connectivity index (χ1) is 9.60. The molecule has 0 aliphatic heterocycles. The SMILES string of the molecule is OCC(O)C(O)c1ccc(NCc2cnc(Cl)s2)cc1. The van der Waals surface area contributed by atoms with E-state index in [1.807, 2.05) is 0 Å². The number of aliphatic hydroxyl groups is 3. The molecule has 108 valence electrons. The summed E-state index contributed by atoms with van der Waals surface area (Å²) in [6, 6.07) is 6.99. The largest absolute Gasteiger partial charge is 0.394 e. The topological polar surface area (TPSA) is 85.6 Å². The molecule has 0 spiro atoms. The van der Waals surface area contributed by atoms with Gasteiger partial charge in [-0.2, -0.15) is 0 Å². The summed E-state index contributed by atoms with van der Waals surface area (Å²) in [6.07, 6.45) is -0.544. The molecular weight excluding hydrogens is 300 g/mol. The summed E-state index contributed by atoms with van der Waals surface area (Å²) in [6.45, 7) is 0.138. The molecule has 20 heavy (non-hydrogen) atoms. The Balaban J connectivity index is 1.94. The molecule has 0 fully saturated rings. The number of hydrogen-bond donors (Lipinski definition) is 4. The van der Waals surface area contributed by atoms with Gasteiger partial charge in [-0.1, -0.05) is 23.7 Å². The number of rotatable bonds is 6. The van der Waals surface area contributed by atoms with Gasteiger partial charge < -0.3 is 20.6 Å². The Morgan fingerprint density at radius 3 is 2.50 bits per heavy atom. The normalized spacial score (nSPS) is 14.0. The van der Waals surface area contributed by atoms with Gasteiger partial charge in [0.05, 0.1) is 13.2 Å². The molecule has 0 aliphatic carbocycles. The minimum atomic E-state index is -1.17. The van der Waals surface area contributed by atoms with Crippen LogP contribution in [0.25, 0.3) is 0 Å². The van der Waals surface area contributed by atoms with E-state index in [9.17, 15) is 10.2 Å². The van der Waals surface area contributed by atoms with Crippen molar-refractivity contribution in [1.82, 2.24) is 4.98 Å². The summed E-state index contributed by atoms with van der Waals surface area (Å²) >= 11 is 7.16. The highest BCUT2D eigenvalue weighted by molar-refractivity contribution is 7.15. The van der Waals surface area contributed by atoms with E-state index in [-0.39, 0.29) is 0 Å². The van der Waals surface area contributed by atoms with Gasteiger partial charge in [0, 0.05) is 16.8 Å². The van der Waals surface area contributed by atoms with E-state index in [1.54, 1.807) is 30.5 Å². The third-order valence-electron chi connectivity index (χ3n) is 2.80. The second-order valence-electron chi connectivity index (χ2n) is 4.25. The van der Waals surface area contributed by atoms with Crippen LogP contribution in [0.3, 0.4) is 0 Å². The van der Waals surface area contributed by atoms with Crippen LogP contribution in [0.4, 0.5) is 5.69 Å². The number of aromatic nitrogens is 1. The number of anilines is 1. The number of thiazole rings is 1. The van der Waals surface area contributed by atoms with Gasteiger partial charge in [-0.05, 0) is 17.7 Å². The van der Waals surface area contributed by atoms with Crippen LogP contribution in [0.2, 0.25) is 4.47 Å². The van der Waals surface area contributed by atoms with Crippen LogP contribution in [-0.2, 0) is 6.54 Å². The Morgan fingerprint density at radius 2 is 1.95 bits per heavy atom. The van der Waals surface area contributed by atoms with Crippen molar-refractivity contribution < 1.29 is 15.3 Å². The van der Waals surface area contributed by atoms with Gasteiger partial charge in [0.2, 0.25) is 0 Å². The first-order valence-corrected chi connectivity index (χ1v) is 7.20. The third kappa shape index (κ3) is 3.91. The second-order valence-corrected chi connectivity index (χ2v) is 5.95. The summed E-state index contributed by atoms with van der Waals surface area (Å²) in [4.78, 5) is 4.98. The Bertz CT molecular complexity index is 547. The zero-order valence-corrected chi connectivity index (χ0v) is 12.1. The van der Waals surface area contributed by atoms with Gasteiger partial charge in [-0.25, -0.2) is 4.98 Å². The lowest BCUT2D eigenvalue weighted by molar-refractivity contribution is -0.0152. The van der Waals surface area contributed by atoms with Crippen molar-refractivity contribution in [1.29, 1.82) is 0 Å². The molecule has 5 nitrogen and oxygen atoms in total. The Morgan fingerprint density at radius 1 is 1.25 bits per heavy atom. The van der Waals surface area contributed by atoms with E-state index in [4.69, 9.17) is 16.7 Å². The second kappa shape index (κ2) is 7.01. The van der Waals surface area contributed by atoms with Gasteiger partial charge in [0.25, 0.3) is 0 Å². The van der Waals surface area contributed by atoms with Crippen LogP contribution in [0.1, 0.15) is 16.5 Å². The van der Waals surface area contributed by atoms with E-state index >= 15 is 0 Å². The number of hydrogen-bond acceptors (Lipinski definition) is 6. The first-order valence-electron chi connectivity index (χ1n) is 6.01. The Hall–Kier alpha value is -1.18. The smallest absolute Gasteiger partial charge is 0.183 e. The van der Waals surface area contributed by atoms with Crippen LogP contribution in [0, 0.1) is 0 Å². The standard InChI is InChI=1S/C13H15ClN2O3S/c14-13-16-6-10(20-13)5-15-9-3-1-8(2-4-9)12(19)11(18)7-17/h1-4,6,11-12,15,17-19H,5,7H2. The number of nitrogens with zero attached hydrogens (tertiary/aromatic N) is 1. The highest BCUT2D eigenvalue weighted by atomic mass is 35.5. The molecule has 0 saturated carbocycles. The predicted octanol–water partition coefficient (Wildman–Crippen LogP) is 1.80. The lowest BCUT2D eigenvalue weighted by Gasteiger charge is -2.16. The average Bonchev–Trinajstić information content (AvgIpc) is 2.89. The fraction of sp³-hybridized carbons (Fsp3) is 0.308. The highest BCUT2D eigenvalue weighted by Gasteiger charge is 2.16. The van der Waals surface area contributed by atoms with Crippen LogP contribution in [0.15, 0.2) is 30.5 Å². The lowest BCUT2D eigenvalue weighted by Crippen LogP contribution is -2.21. The summed E-state index contributed by atoms with van der Waals surface area (Å²) in [5.41, 5.74) is 1.43. The van der Waals surface area contributed by atoms with Crippen LogP contribution in [0.5, 0.6) is 0 Å². The van der Waals surface area contributed by atoms with E-state index in [0.29, 0.717) is 16.6 Å². The molecule has 2 atom stereocenters. The zero-order chi connectivity index (χ0) is 14.5. The highest BCUT2D eigenvalue weighted by Crippen LogP contribution is 2.21. The maximum atomic E-state index is 9.74. The minimum absolute atomic E-state index is 0.479. The Labute approximate surface area is 125 Å². The molecule has 4 N–H and O–H groups in total. The third-order valence-corrected chi connectivity index (χ3v) is 3.91. The maximum absolute atomic E-state index is 9.74. The van der Waals surface area contributed by atoms with E-state index < -0.39 is 18.8 Å². The maximum Gasteiger partial charge on any atom is 0.183 e. The summed E-state index contributed by atoms with van der Waals surface area (Å²) in [5.74, 6) is 0. The molecule has 0 amide bonds. The molecule has 0 saturated heterocycles. The molecule has 2 rings (SSSR count). The van der Waals surface area contributed by atoms with Gasteiger partial charge in [0.1, 0.15) is 12.2 Å². The van der Waals surface area contributed by atoms with Crippen molar-refractivity contribution in [2.45, 2.75) is 18.8 Å². The zero-order valence-electron chi connectivity index (χ0n) is 10.5. The monoisotopic (exact) mass is 314 g/mol. The van der Waals surface area contributed by atoms with Gasteiger partial charge in [0.15, 0.2) is 4.47 Å². The van der Waals surface area contributed by atoms with Crippen molar-refractivity contribution in [2.24, 2.45) is 0 Å². The molecule has 1 aromatic carbocycles. The summed E-state index contributed by atoms with van der Waals surface area (Å²) in [5, 5.41) is 31.1. The molecule has 0 radical (unpaired) electrons. The molecule has 2 aromatic rings. The van der Waals surface area contributed by atoms with Gasteiger partial charge >= 0.3 is 0 Å². The predicted molar refractivity (Wildman–Crippen MR) is 78.9 cm³/mol. The van der Waals surface area contributed by atoms with Gasteiger partial charge in [-0.3, -0.25) is 0 Å². The minimum Gasteiger partial charge on any atom is -0.394 e. The number of halogens is 1. The summed E-state index contributed by atoms with van der Waals surface area (Å²) in [7, 11) is 0. The fourth-order valence-corrected chi connectivity index (χ4v) is 2.59. The number of nitrogens with one attached hydrogen (secondary N) is 1. The lowest BCUT2D eigenvalue weighted by atomic mass is 10.0. The average molecular weight is 315 g/mol. The molecule has 2 unspecified atom stereocenters. The summed E-state index contributed by atoms with van der Waals surface area (Å²) < 4.78 is 0.512. The van der Waals surface area contributed by atoms with E-state index in [0.717, 1.165) is 10.6 Å². The van der Waals surface area contributed by atoms with Crippen LogP contribution >= 0.6 is 22.9 Å². The quantitative estimate of drug-likeness (QED) is 0.653. The van der Waals surface area contributed by atoms with Crippen molar-refractivity contribution in [2.75, 3.05) is 11.9 Å². The van der Waals surface area contributed by atoms with Crippen molar-refractivity contribution in [3.8, 4) is 0 Å². The van der Waals surface area contributed by atoms with Crippen molar-refractivity contribution in [3.63, 3.8) is 0 Å². The van der Waals surface area contributed by atoms with Crippen LogP contribution < -0.4 is 5.32 Å². The van der Waals surface area contributed by atoms with Gasteiger partial charge in [-0.15, -0.1) is 11.3 Å². The fourth-order valence-electron chi connectivity index (χ4n) is 1.67. The molecule has 0 aliphatic rings. The van der Waals surface area contributed by atoms with Crippen molar-refractivity contribution in [3.05, 3.63) is 45.4 Å². The Kier molecular flexibility index (Phi) is 5.33. The molecule has 0 bridgehead atoms. The number of aliphatic hydroxyl groups excluding tert-OH is 3. The molecule has 1 aromatic heterocycles. The first kappa shape index (κ1) is 15.2. The van der Waals surface area contributed by atoms with Crippen molar-refractivity contribution >= 4 is 28.6 Å². The van der Waals surface area contributed by atoms with Crippen LogP contribution in [-0.4, -0.2) is 33.0 Å². The molecule has 1 heterocycles. The molecular formula is C13H15ClN2O3S. The van der Waals surface area contributed by atoms with E-state index in [2.05, 4.69) is 10.3 Å². The van der Waals surface area contributed by atoms with E-state index in [1.165, 1.54) is 11.3 Å². The molecule has 7 heteroatoms. The number of benzene rings is 1.